The lowest BCUT2D eigenvalue weighted by atomic mass is 10.0. The van der Waals surface area contributed by atoms with Crippen LogP contribution < -0.4 is 5.32 Å². The van der Waals surface area contributed by atoms with E-state index in [4.69, 9.17) is 0 Å². The van der Waals surface area contributed by atoms with Gasteiger partial charge in [0, 0.05) is 18.8 Å². The zero-order valence-electron chi connectivity index (χ0n) is 10.7. The molecule has 0 saturated heterocycles. The maximum atomic E-state index is 4.47. The van der Waals surface area contributed by atoms with E-state index in [1.807, 2.05) is 7.05 Å². The lowest BCUT2D eigenvalue weighted by molar-refractivity contribution is 0.867. The third-order valence-electron chi connectivity index (χ3n) is 2.82. The van der Waals surface area contributed by atoms with Gasteiger partial charge in [-0.15, -0.1) is 0 Å². The van der Waals surface area contributed by atoms with Gasteiger partial charge in [-0.3, -0.25) is 0 Å². The van der Waals surface area contributed by atoms with E-state index in [1.54, 1.807) is 6.20 Å². The number of nitrogens with zero attached hydrogens (tertiary/aromatic N) is 2. The van der Waals surface area contributed by atoms with Crippen LogP contribution in [-0.4, -0.2) is 17.0 Å². The Hall–Kier alpha value is -1.42. The number of benzene rings is 1. The molecule has 0 radical (unpaired) electrons. The monoisotopic (exact) mass is 305 g/mol. The van der Waals surface area contributed by atoms with Crippen LogP contribution in [0.15, 0.2) is 34.9 Å². The number of hydrogen-bond acceptors (Lipinski definition) is 3. The summed E-state index contributed by atoms with van der Waals surface area (Å²) in [5.74, 6) is 2.07. The van der Waals surface area contributed by atoms with Crippen LogP contribution in [0, 0.1) is 0 Å². The van der Waals surface area contributed by atoms with Gasteiger partial charge in [0.25, 0.3) is 0 Å². The fourth-order valence-corrected chi connectivity index (χ4v) is 2.09. The standard InChI is InChI=1S/C14H16BrN3/c1-9(2)10-4-6-11(7-5-10)13-17-8-12(15)14(16-3)18-13/h4-9H,1-3H3,(H,16,17,18). The molecule has 0 spiro atoms. The average molecular weight is 306 g/mol. The third kappa shape index (κ3) is 2.70. The molecule has 0 atom stereocenters. The molecule has 0 aliphatic heterocycles. The summed E-state index contributed by atoms with van der Waals surface area (Å²) in [5, 5.41) is 3.04. The minimum atomic E-state index is 0.540. The largest absolute Gasteiger partial charge is 0.372 e. The van der Waals surface area contributed by atoms with Crippen LogP contribution >= 0.6 is 15.9 Å². The molecule has 94 valence electrons. The van der Waals surface area contributed by atoms with Gasteiger partial charge in [-0.25, -0.2) is 9.97 Å². The van der Waals surface area contributed by atoms with Gasteiger partial charge in [0.15, 0.2) is 5.82 Å². The first-order valence-electron chi connectivity index (χ1n) is 5.92. The molecule has 1 N–H and O–H groups in total. The second kappa shape index (κ2) is 5.48. The summed E-state index contributed by atoms with van der Waals surface area (Å²) in [7, 11) is 1.85. The molecule has 1 aromatic carbocycles. The molecule has 0 fully saturated rings. The van der Waals surface area contributed by atoms with Crippen LogP contribution in [0.5, 0.6) is 0 Å². The van der Waals surface area contributed by atoms with Crippen molar-refractivity contribution in [3.63, 3.8) is 0 Å². The number of nitrogens with one attached hydrogen (secondary N) is 1. The topological polar surface area (TPSA) is 37.8 Å². The Balaban J connectivity index is 2.36. The van der Waals surface area contributed by atoms with Crippen LogP contribution in [0.3, 0.4) is 0 Å². The number of hydrogen-bond donors (Lipinski definition) is 1. The fourth-order valence-electron chi connectivity index (χ4n) is 1.70. The summed E-state index contributed by atoms with van der Waals surface area (Å²) in [6.07, 6.45) is 1.77. The molecule has 4 heteroatoms. The second-order valence-corrected chi connectivity index (χ2v) is 5.27. The van der Waals surface area contributed by atoms with E-state index in [2.05, 4.69) is 69.3 Å². The summed E-state index contributed by atoms with van der Waals surface area (Å²) < 4.78 is 0.868. The molecule has 1 aromatic heterocycles. The van der Waals surface area contributed by atoms with Gasteiger partial charge in [-0.05, 0) is 27.4 Å². The Bertz CT molecular complexity index is 535. The Labute approximate surface area is 116 Å². The molecule has 0 aliphatic carbocycles. The number of anilines is 1. The van der Waals surface area contributed by atoms with E-state index in [0.29, 0.717) is 5.92 Å². The zero-order valence-corrected chi connectivity index (χ0v) is 12.3. The van der Waals surface area contributed by atoms with Crippen LogP contribution in [-0.2, 0) is 0 Å². The molecule has 3 nitrogen and oxygen atoms in total. The molecule has 0 bridgehead atoms. The highest BCUT2D eigenvalue weighted by molar-refractivity contribution is 9.10. The van der Waals surface area contributed by atoms with Gasteiger partial charge in [0.1, 0.15) is 5.82 Å². The first-order valence-corrected chi connectivity index (χ1v) is 6.71. The average Bonchev–Trinajstić information content (AvgIpc) is 2.39. The molecule has 2 aromatic rings. The number of halogens is 1. The van der Waals surface area contributed by atoms with Crippen molar-refractivity contribution >= 4 is 21.7 Å². The van der Waals surface area contributed by atoms with E-state index in [9.17, 15) is 0 Å². The Morgan fingerprint density at radius 2 is 1.83 bits per heavy atom. The van der Waals surface area contributed by atoms with Crippen molar-refractivity contribution in [1.82, 2.24) is 9.97 Å². The fraction of sp³-hybridized carbons (Fsp3) is 0.286. The van der Waals surface area contributed by atoms with Crippen LogP contribution in [0.2, 0.25) is 0 Å². The lowest BCUT2D eigenvalue weighted by Crippen LogP contribution is -1.97. The molecule has 0 aliphatic rings. The van der Waals surface area contributed by atoms with E-state index in [-0.39, 0.29) is 0 Å². The number of aromatic nitrogens is 2. The normalized spacial score (nSPS) is 10.7. The van der Waals surface area contributed by atoms with Crippen molar-refractivity contribution < 1.29 is 0 Å². The van der Waals surface area contributed by atoms with E-state index >= 15 is 0 Å². The second-order valence-electron chi connectivity index (χ2n) is 4.42. The van der Waals surface area contributed by atoms with Gasteiger partial charge in [0.2, 0.25) is 0 Å². The quantitative estimate of drug-likeness (QED) is 0.929. The van der Waals surface area contributed by atoms with Crippen molar-refractivity contribution in [2.45, 2.75) is 19.8 Å². The summed E-state index contributed by atoms with van der Waals surface area (Å²) in [6.45, 7) is 4.37. The zero-order chi connectivity index (χ0) is 13.1. The van der Waals surface area contributed by atoms with Crippen molar-refractivity contribution in [2.75, 3.05) is 12.4 Å². The van der Waals surface area contributed by atoms with E-state index < -0.39 is 0 Å². The van der Waals surface area contributed by atoms with E-state index in [0.717, 1.165) is 21.7 Å². The summed E-state index contributed by atoms with van der Waals surface area (Å²) in [4.78, 5) is 8.80. The molecule has 0 amide bonds. The van der Waals surface area contributed by atoms with Gasteiger partial charge >= 0.3 is 0 Å². The van der Waals surface area contributed by atoms with Gasteiger partial charge < -0.3 is 5.32 Å². The number of rotatable bonds is 3. The molecule has 1 heterocycles. The lowest BCUT2D eigenvalue weighted by Gasteiger charge is -2.08. The minimum Gasteiger partial charge on any atom is -0.372 e. The van der Waals surface area contributed by atoms with Gasteiger partial charge in [-0.1, -0.05) is 38.1 Å². The summed E-state index contributed by atoms with van der Waals surface area (Å²) in [6, 6.07) is 8.39. The molecule has 18 heavy (non-hydrogen) atoms. The SMILES string of the molecule is CNc1nc(-c2ccc(C(C)C)cc2)ncc1Br. The van der Waals surface area contributed by atoms with Gasteiger partial charge in [-0.2, -0.15) is 0 Å². The molecular formula is C14H16BrN3. The molecule has 0 unspecified atom stereocenters. The highest BCUT2D eigenvalue weighted by Gasteiger charge is 2.06. The Morgan fingerprint density at radius 3 is 2.39 bits per heavy atom. The third-order valence-corrected chi connectivity index (χ3v) is 3.40. The Kier molecular flexibility index (Phi) is 3.97. The van der Waals surface area contributed by atoms with Crippen LogP contribution in [0.4, 0.5) is 5.82 Å². The van der Waals surface area contributed by atoms with Crippen LogP contribution in [0.1, 0.15) is 25.3 Å². The minimum absolute atomic E-state index is 0.540. The molecule has 2 rings (SSSR count). The predicted octanol–water partition coefficient (Wildman–Crippen LogP) is 4.07. The van der Waals surface area contributed by atoms with E-state index in [1.165, 1.54) is 5.56 Å². The first-order chi connectivity index (χ1) is 8.61. The smallest absolute Gasteiger partial charge is 0.161 e. The van der Waals surface area contributed by atoms with Crippen molar-refractivity contribution in [3.8, 4) is 11.4 Å². The van der Waals surface area contributed by atoms with Gasteiger partial charge in [0.05, 0.1) is 4.47 Å². The van der Waals surface area contributed by atoms with Crippen molar-refractivity contribution in [3.05, 3.63) is 40.5 Å². The summed E-state index contributed by atoms with van der Waals surface area (Å²) >= 11 is 3.41. The molecular weight excluding hydrogens is 290 g/mol. The maximum Gasteiger partial charge on any atom is 0.161 e. The van der Waals surface area contributed by atoms with Crippen molar-refractivity contribution in [2.24, 2.45) is 0 Å². The summed E-state index contributed by atoms with van der Waals surface area (Å²) in [5.41, 5.74) is 2.35. The maximum absolute atomic E-state index is 4.47. The molecule has 0 saturated carbocycles. The first kappa shape index (κ1) is 13.0. The predicted molar refractivity (Wildman–Crippen MR) is 78.8 cm³/mol. The highest BCUT2D eigenvalue weighted by atomic mass is 79.9. The highest BCUT2D eigenvalue weighted by Crippen LogP contribution is 2.24. The Morgan fingerprint density at radius 1 is 1.17 bits per heavy atom. The van der Waals surface area contributed by atoms with Crippen LogP contribution in [0.25, 0.3) is 11.4 Å². The van der Waals surface area contributed by atoms with Crippen molar-refractivity contribution in [1.29, 1.82) is 0 Å².